The smallest absolute Gasteiger partial charge is 0.256 e. The topological polar surface area (TPSA) is 58.4 Å². The van der Waals surface area contributed by atoms with Crippen LogP contribution < -0.4 is 11.3 Å². The maximum absolute atomic E-state index is 12.9. The molecule has 20 heavy (non-hydrogen) atoms. The molecular weight excluding hydrogens is 250 g/mol. The van der Waals surface area contributed by atoms with Gasteiger partial charge in [0.05, 0.1) is 11.3 Å². The van der Waals surface area contributed by atoms with Gasteiger partial charge in [0.1, 0.15) is 0 Å². The zero-order chi connectivity index (χ0) is 14.5. The summed E-state index contributed by atoms with van der Waals surface area (Å²) in [5.41, 5.74) is 5.12. The molecule has 110 valence electrons. The van der Waals surface area contributed by atoms with Crippen molar-refractivity contribution in [2.75, 3.05) is 12.0 Å². The molecule has 4 heteroatoms. The number of amides is 1. The van der Waals surface area contributed by atoms with Crippen molar-refractivity contribution in [3.63, 3.8) is 0 Å². The van der Waals surface area contributed by atoms with Crippen molar-refractivity contribution >= 4 is 11.6 Å². The lowest BCUT2D eigenvalue weighted by Gasteiger charge is -2.30. The first kappa shape index (κ1) is 14.9. The highest BCUT2D eigenvalue weighted by atomic mass is 16.2. The van der Waals surface area contributed by atoms with Crippen molar-refractivity contribution in [3.05, 3.63) is 29.3 Å². The highest BCUT2D eigenvalue weighted by Gasteiger charge is 2.26. The minimum Gasteiger partial charge on any atom is -0.336 e. The van der Waals surface area contributed by atoms with E-state index in [9.17, 15) is 4.79 Å². The first-order valence-corrected chi connectivity index (χ1v) is 7.55. The van der Waals surface area contributed by atoms with E-state index in [4.69, 9.17) is 5.84 Å². The van der Waals surface area contributed by atoms with Crippen LogP contribution in [-0.4, -0.2) is 23.4 Å². The largest absolute Gasteiger partial charge is 0.336 e. The van der Waals surface area contributed by atoms with Gasteiger partial charge in [-0.25, -0.2) is 0 Å². The van der Waals surface area contributed by atoms with Gasteiger partial charge in [-0.2, -0.15) is 0 Å². The number of rotatable bonds is 3. The number of nitrogens with zero attached hydrogens (tertiary/aromatic N) is 1. The van der Waals surface area contributed by atoms with E-state index in [-0.39, 0.29) is 5.91 Å². The molecule has 1 aromatic carbocycles. The summed E-state index contributed by atoms with van der Waals surface area (Å²) in [5, 5.41) is 0. The van der Waals surface area contributed by atoms with Crippen LogP contribution in [0.4, 0.5) is 5.69 Å². The highest BCUT2D eigenvalue weighted by molar-refractivity contribution is 6.00. The molecule has 2 rings (SSSR count). The molecule has 1 fully saturated rings. The van der Waals surface area contributed by atoms with Crippen molar-refractivity contribution < 1.29 is 4.79 Å². The number of likely N-dealkylation sites (tertiary alicyclic amines) is 1. The molecule has 0 aliphatic carbocycles. The van der Waals surface area contributed by atoms with E-state index in [0.29, 0.717) is 17.3 Å². The van der Waals surface area contributed by atoms with Crippen LogP contribution in [-0.2, 0) is 0 Å². The van der Waals surface area contributed by atoms with Gasteiger partial charge in [-0.15, -0.1) is 0 Å². The maximum Gasteiger partial charge on any atom is 0.256 e. The standard InChI is InChI=1S/C16H25N3O/c1-3-13-7-5-4-6-10-19(13)16(20)14-11-12(2)8-9-15(14)18-17/h8-9,11,13,18H,3-7,10,17H2,1-2H3. The Morgan fingerprint density at radius 1 is 1.40 bits per heavy atom. The molecule has 0 radical (unpaired) electrons. The average molecular weight is 275 g/mol. The molecule has 0 saturated carbocycles. The van der Waals surface area contributed by atoms with Gasteiger partial charge in [0.15, 0.2) is 0 Å². The number of hydrazine groups is 1. The Bertz CT molecular complexity index is 473. The summed E-state index contributed by atoms with van der Waals surface area (Å²) >= 11 is 0. The third-order valence-corrected chi connectivity index (χ3v) is 4.17. The Kier molecular flexibility index (Phi) is 5.01. The van der Waals surface area contributed by atoms with Crippen LogP contribution >= 0.6 is 0 Å². The van der Waals surface area contributed by atoms with Crippen molar-refractivity contribution in [1.82, 2.24) is 4.90 Å². The number of carbonyl (C=O) groups excluding carboxylic acids is 1. The van der Waals surface area contributed by atoms with Crippen LogP contribution in [0.2, 0.25) is 0 Å². The Labute approximate surface area is 121 Å². The Morgan fingerprint density at radius 2 is 2.20 bits per heavy atom. The predicted molar refractivity (Wildman–Crippen MR) is 82.6 cm³/mol. The normalized spacial score (nSPS) is 19.6. The number of benzene rings is 1. The number of anilines is 1. The first-order chi connectivity index (χ1) is 9.67. The molecule has 1 atom stereocenters. The molecule has 3 N–H and O–H groups in total. The van der Waals surface area contributed by atoms with Crippen molar-refractivity contribution in [2.45, 2.75) is 52.0 Å². The van der Waals surface area contributed by atoms with Crippen LogP contribution in [0.25, 0.3) is 0 Å². The number of hydrogen-bond acceptors (Lipinski definition) is 3. The van der Waals surface area contributed by atoms with Gasteiger partial charge >= 0.3 is 0 Å². The van der Waals surface area contributed by atoms with Gasteiger partial charge in [-0.3, -0.25) is 10.6 Å². The fraction of sp³-hybridized carbons (Fsp3) is 0.562. The van der Waals surface area contributed by atoms with Gasteiger partial charge < -0.3 is 10.3 Å². The molecular formula is C16H25N3O. The number of aryl methyl sites for hydroxylation is 1. The van der Waals surface area contributed by atoms with E-state index in [1.54, 1.807) is 0 Å². The highest BCUT2D eigenvalue weighted by Crippen LogP contribution is 2.24. The second-order valence-electron chi connectivity index (χ2n) is 5.60. The summed E-state index contributed by atoms with van der Waals surface area (Å²) in [6.45, 7) is 5.01. The second-order valence-corrected chi connectivity index (χ2v) is 5.60. The molecule has 4 nitrogen and oxygen atoms in total. The van der Waals surface area contributed by atoms with Crippen LogP contribution in [0.5, 0.6) is 0 Å². The molecule has 1 saturated heterocycles. The number of hydrogen-bond donors (Lipinski definition) is 2. The van der Waals surface area contributed by atoms with Gasteiger partial charge in [0, 0.05) is 12.6 Å². The molecule has 1 amide bonds. The zero-order valence-electron chi connectivity index (χ0n) is 12.5. The summed E-state index contributed by atoms with van der Waals surface area (Å²) in [7, 11) is 0. The summed E-state index contributed by atoms with van der Waals surface area (Å²) in [4.78, 5) is 14.9. The van der Waals surface area contributed by atoms with E-state index in [1.165, 1.54) is 12.8 Å². The fourth-order valence-corrected chi connectivity index (χ4v) is 2.98. The molecule has 1 aromatic rings. The van der Waals surface area contributed by atoms with E-state index >= 15 is 0 Å². The molecule has 0 aromatic heterocycles. The summed E-state index contributed by atoms with van der Waals surface area (Å²) < 4.78 is 0. The summed E-state index contributed by atoms with van der Waals surface area (Å²) in [6.07, 6.45) is 5.66. The molecule has 1 unspecified atom stereocenters. The van der Waals surface area contributed by atoms with Crippen molar-refractivity contribution in [3.8, 4) is 0 Å². The summed E-state index contributed by atoms with van der Waals surface area (Å²) in [6, 6.07) is 6.12. The number of nitrogen functional groups attached to an aromatic ring is 1. The quantitative estimate of drug-likeness (QED) is 0.658. The minimum absolute atomic E-state index is 0.107. The van der Waals surface area contributed by atoms with Crippen LogP contribution in [0.15, 0.2) is 18.2 Å². The lowest BCUT2D eigenvalue weighted by atomic mass is 10.0. The Hall–Kier alpha value is -1.55. The van der Waals surface area contributed by atoms with Gasteiger partial charge in [0.2, 0.25) is 0 Å². The number of nitrogens with one attached hydrogen (secondary N) is 1. The average Bonchev–Trinajstić information content (AvgIpc) is 2.71. The Morgan fingerprint density at radius 3 is 2.90 bits per heavy atom. The first-order valence-electron chi connectivity index (χ1n) is 7.55. The second kappa shape index (κ2) is 6.75. The SMILES string of the molecule is CCC1CCCCCN1C(=O)c1cc(C)ccc1NN. The van der Waals surface area contributed by atoms with Crippen LogP contribution in [0, 0.1) is 6.92 Å². The van der Waals surface area contributed by atoms with Gasteiger partial charge in [-0.1, -0.05) is 31.4 Å². The maximum atomic E-state index is 12.9. The monoisotopic (exact) mass is 275 g/mol. The molecule has 0 spiro atoms. The Balaban J connectivity index is 2.30. The minimum atomic E-state index is 0.107. The lowest BCUT2D eigenvalue weighted by molar-refractivity contribution is 0.0679. The van der Waals surface area contributed by atoms with Crippen LogP contribution in [0.3, 0.4) is 0 Å². The zero-order valence-corrected chi connectivity index (χ0v) is 12.5. The number of carbonyl (C=O) groups is 1. The third kappa shape index (κ3) is 3.12. The van der Waals surface area contributed by atoms with Gasteiger partial charge in [0.25, 0.3) is 5.91 Å². The van der Waals surface area contributed by atoms with Crippen LogP contribution in [0.1, 0.15) is 54.9 Å². The fourth-order valence-electron chi connectivity index (χ4n) is 2.98. The van der Waals surface area contributed by atoms with E-state index in [0.717, 1.165) is 31.4 Å². The van der Waals surface area contributed by atoms with E-state index in [1.807, 2.05) is 30.0 Å². The van der Waals surface area contributed by atoms with Crippen molar-refractivity contribution in [2.24, 2.45) is 5.84 Å². The van der Waals surface area contributed by atoms with Gasteiger partial charge in [-0.05, 0) is 38.3 Å². The van der Waals surface area contributed by atoms with E-state index < -0.39 is 0 Å². The summed E-state index contributed by atoms with van der Waals surface area (Å²) in [5.74, 6) is 5.65. The number of nitrogens with two attached hydrogens (primary N) is 1. The van der Waals surface area contributed by atoms with Crippen molar-refractivity contribution in [1.29, 1.82) is 0 Å². The molecule has 1 heterocycles. The molecule has 1 aliphatic rings. The van der Waals surface area contributed by atoms with E-state index in [2.05, 4.69) is 12.3 Å². The molecule has 0 bridgehead atoms. The third-order valence-electron chi connectivity index (χ3n) is 4.17. The predicted octanol–water partition coefficient (Wildman–Crippen LogP) is 3.08. The molecule has 1 aliphatic heterocycles. The lowest BCUT2D eigenvalue weighted by Crippen LogP contribution is -2.40.